The van der Waals surface area contributed by atoms with Gasteiger partial charge in [0, 0.05) is 17.5 Å². The Morgan fingerprint density at radius 1 is 1.54 bits per heavy atom. The van der Waals surface area contributed by atoms with Crippen molar-refractivity contribution in [1.29, 1.82) is 0 Å². The van der Waals surface area contributed by atoms with E-state index >= 15 is 0 Å². The van der Waals surface area contributed by atoms with Gasteiger partial charge in [0.25, 0.3) is 0 Å². The van der Waals surface area contributed by atoms with Crippen molar-refractivity contribution >= 4 is 12.7 Å². The molecule has 0 aliphatic carbocycles. The maximum absolute atomic E-state index is 13.1. The molecule has 1 rings (SSSR count). The van der Waals surface area contributed by atoms with E-state index in [-0.39, 0.29) is 10.9 Å². The van der Waals surface area contributed by atoms with E-state index in [9.17, 15) is 8.96 Å². The molecule has 0 aliphatic rings. The van der Waals surface area contributed by atoms with Crippen LogP contribution < -0.4 is 0 Å². The van der Waals surface area contributed by atoms with E-state index < -0.39 is 13.2 Å². The fourth-order valence-corrected chi connectivity index (χ4v) is 1.55. The van der Waals surface area contributed by atoms with E-state index in [0.29, 0.717) is 0 Å². The SMILES string of the molecule is C=C(c1ccccc1F)P(C)(=O)O. The largest absolute Gasteiger partial charge is 0.341 e. The lowest BCUT2D eigenvalue weighted by Gasteiger charge is -2.09. The molecule has 13 heavy (non-hydrogen) atoms. The summed E-state index contributed by atoms with van der Waals surface area (Å²) >= 11 is 0. The van der Waals surface area contributed by atoms with Crippen LogP contribution in [0.25, 0.3) is 5.31 Å². The van der Waals surface area contributed by atoms with Crippen LogP contribution in [0.2, 0.25) is 0 Å². The van der Waals surface area contributed by atoms with Gasteiger partial charge in [-0.25, -0.2) is 4.39 Å². The Kier molecular flexibility index (Phi) is 2.69. The Morgan fingerprint density at radius 3 is 2.54 bits per heavy atom. The average molecular weight is 200 g/mol. The second kappa shape index (κ2) is 3.44. The Balaban J connectivity index is 3.18. The van der Waals surface area contributed by atoms with E-state index in [1.54, 1.807) is 6.07 Å². The van der Waals surface area contributed by atoms with Crippen LogP contribution in [0.1, 0.15) is 5.56 Å². The van der Waals surface area contributed by atoms with Crippen LogP contribution >= 0.6 is 7.37 Å². The Labute approximate surface area is 76.2 Å². The molecule has 0 amide bonds. The van der Waals surface area contributed by atoms with Crippen molar-refractivity contribution in [2.45, 2.75) is 0 Å². The van der Waals surface area contributed by atoms with Gasteiger partial charge in [-0.15, -0.1) is 0 Å². The first-order valence-corrected chi connectivity index (χ1v) is 5.78. The summed E-state index contributed by atoms with van der Waals surface area (Å²) in [6.45, 7) is 4.54. The van der Waals surface area contributed by atoms with Crippen molar-refractivity contribution in [2.24, 2.45) is 0 Å². The summed E-state index contributed by atoms with van der Waals surface area (Å²) in [5.74, 6) is -0.524. The zero-order chi connectivity index (χ0) is 10.1. The van der Waals surface area contributed by atoms with Crippen molar-refractivity contribution in [2.75, 3.05) is 6.66 Å². The first-order chi connectivity index (χ1) is 5.93. The predicted octanol–water partition coefficient (Wildman–Crippen LogP) is 2.70. The van der Waals surface area contributed by atoms with Gasteiger partial charge in [-0.05, 0) is 6.07 Å². The average Bonchev–Trinajstić information content (AvgIpc) is 2.02. The molecule has 0 heterocycles. The van der Waals surface area contributed by atoms with Crippen molar-refractivity contribution < 1.29 is 13.8 Å². The van der Waals surface area contributed by atoms with Crippen LogP contribution in [0.5, 0.6) is 0 Å². The van der Waals surface area contributed by atoms with E-state index in [2.05, 4.69) is 6.58 Å². The molecule has 0 bridgehead atoms. The molecule has 70 valence electrons. The van der Waals surface area contributed by atoms with Gasteiger partial charge in [0.15, 0.2) is 0 Å². The molecule has 1 atom stereocenters. The highest BCUT2D eigenvalue weighted by molar-refractivity contribution is 7.68. The maximum Gasteiger partial charge on any atom is 0.226 e. The molecule has 0 saturated carbocycles. The number of benzene rings is 1. The molecule has 1 N–H and O–H groups in total. The summed E-state index contributed by atoms with van der Waals surface area (Å²) in [7, 11) is -3.44. The van der Waals surface area contributed by atoms with Crippen molar-refractivity contribution in [3.05, 3.63) is 42.2 Å². The summed E-state index contributed by atoms with van der Waals surface area (Å²) in [5, 5.41) is -0.0504. The van der Waals surface area contributed by atoms with Gasteiger partial charge in [0.2, 0.25) is 7.37 Å². The number of hydrogen-bond donors (Lipinski definition) is 1. The summed E-state index contributed by atoms with van der Waals surface area (Å²) in [6.07, 6.45) is 0. The molecule has 1 aromatic rings. The Bertz CT molecular complexity index is 381. The second-order valence-electron chi connectivity index (χ2n) is 2.81. The zero-order valence-electron chi connectivity index (χ0n) is 7.20. The van der Waals surface area contributed by atoms with Gasteiger partial charge in [-0.3, -0.25) is 4.57 Å². The minimum Gasteiger partial charge on any atom is -0.341 e. The molecule has 0 aromatic heterocycles. The molecular formula is C9H10FO2P. The van der Waals surface area contributed by atoms with Gasteiger partial charge in [-0.1, -0.05) is 24.8 Å². The minimum absolute atomic E-state index is 0.0504. The van der Waals surface area contributed by atoms with Crippen LogP contribution in [-0.2, 0) is 4.57 Å². The monoisotopic (exact) mass is 200 g/mol. The summed E-state index contributed by atoms with van der Waals surface area (Å²) in [4.78, 5) is 9.15. The fraction of sp³-hybridized carbons (Fsp3) is 0.111. The minimum atomic E-state index is -3.44. The highest BCUT2D eigenvalue weighted by Gasteiger charge is 2.19. The standard InChI is InChI=1S/C9H10FO2P/c1-7(13(2,11)12)8-5-3-4-6-9(8)10/h3-6H,1H2,2H3,(H,11,12). The molecule has 1 unspecified atom stereocenters. The Hall–Kier alpha value is -0.920. The molecule has 4 heteroatoms. The molecule has 0 saturated heterocycles. The van der Waals surface area contributed by atoms with Crippen LogP contribution in [-0.4, -0.2) is 11.6 Å². The molecule has 0 fully saturated rings. The predicted molar refractivity (Wildman–Crippen MR) is 51.2 cm³/mol. The van der Waals surface area contributed by atoms with Gasteiger partial charge >= 0.3 is 0 Å². The zero-order valence-corrected chi connectivity index (χ0v) is 8.09. The van der Waals surface area contributed by atoms with Gasteiger partial charge in [0.05, 0.1) is 0 Å². The van der Waals surface area contributed by atoms with Crippen molar-refractivity contribution in [3.8, 4) is 0 Å². The van der Waals surface area contributed by atoms with Crippen molar-refractivity contribution in [3.63, 3.8) is 0 Å². The van der Waals surface area contributed by atoms with Crippen LogP contribution in [0.3, 0.4) is 0 Å². The summed E-state index contributed by atoms with van der Waals surface area (Å²) in [5.41, 5.74) is 0.107. The van der Waals surface area contributed by atoms with Gasteiger partial charge in [-0.2, -0.15) is 0 Å². The Morgan fingerprint density at radius 2 is 2.08 bits per heavy atom. The molecule has 2 nitrogen and oxygen atoms in total. The number of halogens is 1. The van der Waals surface area contributed by atoms with Crippen LogP contribution in [0.4, 0.5) is 4.39 Å². The topological polar surface area (TPSA) is 37.3 Å². The highest BCUT2D eigenvalue weighted by atomic mass is 31.2. The lowest BCUT2D eigenvalue weighted by molar-refractivity contribution is 0.497. The maximum atomic E-state index is 13.1. The van der Waals surface area contributed by atoms with Gasteiger partial charge in [0.1, 0.15) is 5.82 Å². The molecule has 0 aliphatic heterocycles. The first kappa shape index (κ1) is 10.2. The lowest BCUT2D eigenvalue weighted by Crippen LogP contribution is -1.88. The number of hydrogen-bond acceptors (Lipinski definition) is 1. The van der Waals surface area contributed by atoms with Crippen molar-refractivity contribution in [1.82, 2.24) is 0 Å². The highest BCUT2D eigenvalue weighted by Crippen LogP contribution is 2.50. The van der Waals surface area contributed by atoms with Crippen LogP contribution in [0.15, 0.2) is 30.8 Å². The quantitative estimate of drug-likeness (QED) is 0.745. The van der Waals surface area contributed by atoms with E-state index in [1.807, 2.05) is 0 Å². The molecular weight excluding hydrogens is 190 g/mol. The van der Waals surface area contributed by atoms with E-state index in [0.717, 1.165) is 6.66 Å². The first-order valence-electron chi connectivity index (χ1n) is 3.67. The smallest absolute Gasteiger partial charge is 0.226 e. The lowest BCUT2D eigenvalue weighted by atomic mass is 10.2. The third kappa shape index (κ3) is 2.27. The summed E-state index contributed by atoms with van der Waals surface area (Å²) in [6, 6.07) is 5.78. The molecule has 0 radical (unpaired) electrons. The van der Waals surface area contributed by atoms with E-state index in [4.69, 9.17) is 4.89 Å². The van der Waals surface area contributed by atoms with Gasteiger partial charge < -0.3 is 4.89 Å². The second-order valence-corrected chi connectivity index (χ2v) is 5.10. The van der Waals surface area contributed by atoms with E-state index in [1.165, 1.54) is 18.2 Å². The third-order valence-electron chi connectivity index (χ3n) is 1.69. The summed E-state index contributed by atoms with van der Waals surface area (Å²) < 4.78 is 24.2. The molecule has 0 spiro atoms. The molecule has 1 aromatic carbocycles. The number of rotatable bonds is 2. The van der Waals surface area contributed by atoms with Crippen LogP contribution in [0, 0.1) is 5.82 Å². The third-order valence-corrected chi connectivity index (χ3v) is 2.93. The normalized spacial score (nSPS) is 15.0. The fourth-order valence-electron chi connectivity index (χ4n) is 0.919.